The van der Waals surface area contributed by atoms with Gasteiger partial charge in [0.1, 0.15) is 11.6 Å². The highest BCUT2D eigenvalue weighted by Crippen LogP contribution is 2.46. The second-order valence-electron chi connectivity index (χ2n) is 7.47. The summed E-state index contributed by atoms with van der Waals surface area (Å²) in [6, 6.07) is 20.3. The molecule has 3 aromatic carbocycles. The Labute approximate surface area is 188 Å². The highest BCUT2D eigenvalue weighted by Gasteiger charge is 2.48. The average molecular weight is 517 g/mol. The van der Waals surface area contributed by atoms with Gasteiger partial charge in [-0.25, -0.2) is 4.39 Å². The van der Waals surface area contributed by atoms with Crippen molar-refractivity contribution in [2.75, 3.05) is 4.90 Å². The van der Waals surface area contributed by atoms with Gasteiger partial charge in [0.05, 0.1) is 18.1 Å². The number of aromatic hydroxyl groups is 1. The molecule has 2 unspecified atom stereocenters. The molecule has 1 heterocycles. The van der Waals surface area contributed by atoms with Crippen LogP contribution in [0.1, 0.15) is 36.1 Å². The van der Waals surface area contributed by atoms with Gasteiger partial charge in [0.2, 0.25) is 5.91 Å². The smallest absolute Gasteiger partial charge is 0.233 e. The molecule has 1 fully saturated rings. The van der Waals surface area contributed by atoms with E-state index in [9.17, 15) is 19.4 Å². The maximum Gasteiger partial charge on any atom is 0.233 e. The van der Waals surface area contributed by atoms with Crippen LogP contribution in [-0.2, 0) is 4.79 Å². The molecule has 154 valence electrons. The summed E-state index contributed by atoms with van der Waals surface area (Å²) in [5, 5.41) is 20.1. The normalized spacial score (nSPS) is 19.4. The molecule has 3 aromatic rings. The van der Waals surface area contributed by atoms with E-state index < -0.39 is 6.10 Å². The third-order valence-electron chi connectivity index (χ3n) is 5.56. The molecule has 2 N–H and O–H groups in total. The van der Waals surface area contributed by atoms with Gasteiger partial charge in [-0.3, -0.25) is 4.79 Å². The number of hydrogen-bond acceptors (Lipinski definition) is 3. The number of aliphatic hydroxyl groups excluding tert-OH is 1. The molecule has 1 saturated heterocycles. The first-order valence-corrected chi connectivity index (χ1v) is 10.8. The second-order valence-corrected chi connectivity index (χ2v) is 8.72. The Kier molecular flexibility index (Phi) is 6.06. The van der Waals surface area contributed by atoms with Gasteiger partial charge in [-0.05, 0) is 95.1 Å². The van der Waals surface area contributed by atoms with E-state index in [1.807, 2.05) is 24.3 Å². The first-order chi connectivity index (χ1) is 14.4. The molecule has 4 nitrogen and oxygen atoms in total. The van der Waals surface area contributed by atoms with Gasteiger partial charge in [0.25, 0.3) is 0 Å². The van der Waals surface area contributed by atoms with E-state index >= 15 is 0 Å². The van der Waals surface area contributed by atoms with E-state index in [-0.39, 0.29) is 29.4 Å². The average Bonchev–Trinajstić information content (AvgIpc) is 2.74. The summed E-state index contributed by atoms with van der Waals surface area (Å²) in [7, 11) is 0. The lowest BCUT2D eigenvalue weighted by Crippen LogP contribution is -2.55. The van der Waals surface area contributed by atoms with Crippen LogP contribution < -0.4 is 4.90 Å². The fraction of sp³-hybridized carbons (Fsp3) is 0.208. The lowest BCUT2D eigenvalue weighted by atomic mass is 9.78. The summed E-state index contributed by atoms with van der Waals surface area (Å²) in [4.78, 5) is 14.8. The summed E-state index contributed by atoms with van der Waals surface area (Å²) in [5.41, 5.74) is 2.41. The number of nitrogens with zero attached hydrogens (tertiary/aromatic N) is 1. The van der Waals surface area contributed by atoms with Gasteiger partial charge < -0.3 is 15.1 Å². The fourth-order valence-corrected chi connectivity index (χ4v) is 4.32. The topological polar surface area (TPSA) is 60.8 Å². The standard InChI is InChI=1S/C24H21FINO3/c25-17-5-1-15(2-6-17)22(29)14-13-21-23(16-3-7-18(26)8-4-16)27(24(21)30)19-9-11-20(28)12-10-19/h1-12,21-23,28-29H,13-14H2/t21?,22-,23?/m0/s1. The van der Waals surface area contributed by atoms with Gasteiger partial charge in [-0.15, -0.1) is 0 Å². The Morgan fingerprint density at radius 1 is 0.967 bits per heavy atom. The van der Waals surface area contributed by atoms with Crippen molar-refractivity contribution in [1.29, 1.82) is 0 Å². The van der Waals surface area contributed by atoms with Crippen LogP contribution in [0.25, 0.3) is 0 Å². The minimum absolute atomic E-state index is 0.00412. The van der Waals surface area contributed by atoms with Crippen LogP contribution in [0.3, 0.4) is 0 Å². The van der Waals surface area contributed by atoms with E-state index in [0.717, 1.165) is 14.8 Å². The zero-order chi connectivity index (χ0) is 21.3. The Bertz CT molecular complexity index is 1020. The Morgan fingerprint density at radius 3 is 2.23 bits per heavy atom. The van der Waals surface area contributed by atoms with Crippen molar-refractivity contribution >= 4 is 34.2 Å². The molecule has 0 bridgehead atoms. The summed E-state index contributed by atoms with van der Waals surface area (Å²) in [6.07, 6.45) is 0.174. The predicted molar refractivity (Wildman–Crippen MR) is 122 cm³/mol. The number of rotatable bonds is 6. The number of amides is 1. The second kappa shape index (κ2) is 8.73. The molecule has 1 aliphatic heterocycles. The molecule has 4 rings (SSSR count). The first kappa shape index (κ1) is 20.8. The van der Waals surface area contributed by atoms with Crippen LogP contribution in [0.4, 0.5) is 10.1 Å². The Morgan fingerprint density at radius 2 is 1.60 bits per heavy atom. The zero-order valence-electron chi connectivity index (χ0n) is 16.1. The quantitative estimate of drug-likeness (QED) is 0.342. The molecule has 1 aliphatic rings. The van der Waals surface area contributed by atoms with Crippen molar-refractivity contribution in [3.8, 4) is 5.75 Å². The molecule has 3 atom stereocenters. The SMILES string of the molecule is O=C1C(CC[C@H](O)c2ccc(F)cc2)C(c2ccc(I)cc2)N1c1ccc(O)cc1. The van der Waals surface area contributed by atoms with Crippen LogP contribution in [0.5, 0.6) is 5.75 Å². The Hall–Kier alpha value is -2.45. The highest BCUT2D eigenvalue weighted by atomic mass is 127. The largest absolute Gasteiger partial charge is 0.508 e. The first-order valence-electron chi connectivity index (χ1n) is 9.75. The number of halogens is 2. The molecule has 0 radical (unpaired) electrons. The maximum atomic E-state index is 13.1. The minimum atomic E-state index is -0.751. The number of carbonyl (C=O) groups is 1. The van der Waals surface area contributed by atoms with E-state index in [1.54, 1.807) is 41.3 Å². The van der Waals surface area contributed by atoms with Crippen LogP contribution >= 0.6 is 22.6 Å². The van der Waals surface area contributed by atoms with Crippen molar-refractivity contribution in [3.63, 3.8) is 0 Å². The summed E-state index contributed by atoms with van der Waals surface area (Å²) < 4.78 is 14.2. The summed E-state index contributed by atoms with van der Waals surface area (Å²) >= 11 is 2.25. The van der Waals surface area contributed by atoms with E-state index in [2.05, 4.69) is 22.6 Å². The number of anilines is 1. The van der Waals surface area contributed by atoms with Crippen molar-refractivity contribution in [3.05, 3.63) is 93.3 Å². The van der Waals surface area contributed by atoms with Crippen LogP contribution in [0, 0.1) is 15.3 Å². The number of phenolic OH excluding ortho intramolecular Hbond substituents is 1. The Balaban J connectivity index is 1.55. The monoisotopic (exact) mass is 517 g/mol. The van der Waals surface area contributed by atoms with Crippen LogP contribution in [0.2, 0.25) is 0 Å². The number of carbonyl (C=O) groups excluding carboxylic acids is 1. The molecule has 0 saturated carbocycles. The van der Waals surface area contributed by atoms with Gasteiger partial charge >= 0.3 is 0 Å². The lowest BCUT2D eigenvalue weighted by molar-refractivity contribution is -0.131. The number of aliphatic hydroxyl groups is 1. The van der Waals surface area contributed by atoms with Crippen molar-refractivity contribution in [2.45, 2.75) is 25.0 Å². The third kappa shape index (κ3) is 4.20. The molecular formula is C24H21FINO3. The highest BCUT2D eigenvalue weighted by molar-refractivity contribution is 14.1. The summed E-state index contributed by atoms with van der Waals surface area (Å²) in [6.45, 7) is 0. The molecule has 0 aromatic heterocycles. The lowest BCUT2D eigenvalue weighted by Gasteiger charge is -2.48. The van der Waals surface area contributed by atoms with Crippen molar-refractivity contribution in [2.24, 2.45) is 5.92 Å². The molecular weight excluding hydrogens is 496 g/mol. The molecule has 6 heteroatoms. The third-order valence-corrected chi connectivity index (χ3v) is 6.28. The number of hydrogen-bond donors (Lipinski definition) is 2. The van der Waals surface area contributed by atoms with Gasteiger partial charge in [0, 0.05) is 9.26 Å². The van der Waals surface area contributed by atoms with Gasteiger partial charge in [-0.1, -0.05) is 24.3 Å². The van der Waals surface area contributed by atoms with E-state index in [0.29, 0.717) is 18.4 Å². The molecule has 0 aliphatic carbocycles. The zero-order valence-corrected chi connectivity index (χ0v) is 18.2. The van der Waals surface area contributed by atoms with Crippen molar-refractivity contribution in [1.82, 2.24) is 0 Å². The van der Waals surface area contributed by atoms with Gasteiger partial charge in [-0.2, -0.15) is 0 Å². The number of β-lactam (4-membered cyclic amide) rings is 1. The predicted octanol–water partition coefficient (Wildman–Crippen LogP) is 5.35. The van der Waals surface area contributed by atoms with Gasteiger partial charge in [0.15, 0.2) is 0 Å². The molecule has 0 spiro atoms. The van der Waals surface area contributed by atoms with Crippen LogP contribution in [0.15, 0.2) is 72.8 Å². The van der Waals surface area contributed by atoms with E-state index in [4.69, 9.17) is 0 Å². The molecule has 1 amide bonds. The maximum absolute atomic E-state index is 13.1. The minimum Gasteiger partial charge on any atom is -0.508 e. The van der Waals surface area contributed by atoms with Crippen LogP contribution in [-0.4, -0.2) is 16.1 Å². The van der Waals surface area contributed by atoms with E-state index in [1.165, 1.54) is 12.1 Å². The molecule has 30 heavy (non-hydrogen) atoms. The van der Waals surface area contributed by atoms with Crippen molar-refractivity contribution < 1.29 is 19.4 Å². The number of benzene rings is 3. The fourth-order valence-electron chi connectivity index (χ4n) is 3.96. The summed E-state index contributed by atoms with van der Waals surface area (Å²) in [5.74, 6) is -0.454. The number of phenols is 1.